The van der Waals surface area contributed by atoms with E-state index in [0.29, 0.717) is 6.54 Å². The second-order valence-electron chi connectivity index (χ2n) is 6.87. The zero-order valence-corrected chi connectivity index (χ0v) is 15.2. The first kappa shape index (κ1) is 17.9. The molecule has 1 aliphatic rings. The van der Waals surface area contributed by atoms with E-state index in [2.05, 4.69) is 9.97 Å². The van der Waals surface area contributed by atoms with E-state index in [1.54, 1.807) is 24.8 Å². The molecule has 7 nitrogen and oxygen atoms in total. The number of benzene rings is 1. The zero-order valence-electron chi connectivity index (χ0n) is 15.2. The highest BCUT2D eigenvalue weighted by Gasteiger charge is 2.36. The van der Waals surface area contributed by atoms with Crippen LogP contribution in [-0.4, -0.2) is 42.5 Å². The van der Waals surface area contributed by atoms with Crippen molar-refractivity contribution in [2.45, 2.75) is 32.0 Å². The quantitative estimate of drug-likeness (QED) is 0.735. The number of carboxylic acid groups (broad SMARTS) is 1. The van der Waals surface area contributed by atoms with E-state index in [-0.39, 0.29) is 25.3 Å². The third-order valence-electron chi connectivity index (χ3n) is 5.00. The van der Waals surface area contributed by atoms with E-state index in [9.17, 15) is 14.7 Å². The molecule has 0 saturated carbocycles. The number of aliphatic carboxylic acids is 1. The maximum absolute atomic E-state index is 12.8. The highest BCUT2D eigenvalue weighted by Crippen LogP contribution is 2.24. The molecule has 4 rings (SSSR count). The molecule has 1 aromatic carbocycles. The minimum Gasteiger partial charge on any atom is -0.480 e. The number of hydrogen-bond donors (Lipinski definition) is 1. The zero-order chi connectivity index (χ0) is 19.5. The van der Waals surface area contributed by atoms with E-state index in [1.807, 2.05) is 41.0 Å². The Kier molecular flexibility index (Phi) is 4.89. The van der Waals surface area contributed by atoms with Crippen molar-refractivity contribution in [2.24, 2.45) is 0 Å². The highest BCUT2D eigenvalue weighted by molar-refractivity contribution is 5.85. The smallest absolute Gasteiger partial charge is 0.326 e. The summed E-state index contributed by atoms with van der Waals surface area (Å²) in [5, 5.41) is 9.73. The van der Waals surface area contributed by atoms with Crippen molar-refractivity contribution < 1.29 is 14.7 Å². The summed E-state index contributed by atoms with van der Waals surface area (Å²) >= 11 is 0. The van der Waals surface area contributed by atoms with Gasteiger partial charge in [-0.2, -0.15) is 0 Å². The number of aromatic nitrogens is 3. The summed E-state index contributed by atoms with van der Waals surface area (Å²) in [6.45, 7) is 0.826. The van der Waals surface area contributed by atoms with Crippen molar-refractivity contribution in [3.05, 3.63) is 83.7 Å². The number of nitrogens with zero attached hydrogens (tertiary/aromatic N) is 4. The predicted octanol–water partition coefficient (Wildman–Crippen LogP) is 1.91. The SMILES string of the molecule is O=C(O)C1Cc2c(ncn2Cc2ccccc2)CN1C(=O)Cc1cccnc1. The molecule has 0 saturated heterocycles. The van der Waals surface area contributed by atoms with Gasteiger partial charge < -0.3 is 14.6 Å². The molecular formula is C21H20N4O3. The van der Waals surface area contributed by atoms with Crippen LogP contribution < -0.4 is 0 Å². The number of hydrogen-bond acceptors (Lipinski definition) is 4. The molecule has 28 heavy (non-hydrogen) atoms. The Morgan fingerprint density at radius 1 is 1.11 bits per heavy atom. The van der Waals surface area contributed by atoms with Crippen LogP contribution in [-0.2, 0) is 35.5 Å². The van der Waals surface area contributed by atoms with Crippen LogP contribution in [0.1, 0.15) is 22.5 Å². The molecule has 1 amide bonds. The number of rotatable bonds is 5. The largest absolute Gasteiger partial charge is 0.480 e. The minimum atomic E-state index is -1.00. The third-order valence-corrected chi connectivity index (χ3v) is 5.00. The van der Waals surface area contributed by atoms with Gasteiger partial charge in [0, 0.05) is 31.1 Å². The Morgan fingerprint density at radius 3 is 2.61 bits per heavy atom. The van der Waals surface area contributed by atoms with Crippen LogP contribution in [0.3, 0.4) is 0 Å². The lowest BCUT2D eigenvalue weighted by atomic mass is 10.0. The summed E-state index contributed by atoms with van der Waals surface area (Å²) in [6.07, 6.45) is 5.36. The summed E-state index contributed by atoms with van der Waals surface area (Å²) in [5.41, 5.74) is 3.51. The van der Waals surface area contributed by atoms with Crippen LogP contribution in [0, 0.1) is 0 Å². The van der Waals surface area contributed by atoms with Crippen LogP contribution in [0.5, 0.6) is 0 Å². The summed E-state index contributed by atoms with van der Waals surface area (Å²) in [4.78, 5) is 34.6. The lowest BCUT2D eigenvalue weighted by molar-refractivity contribution is -0.151. The first-order valence-electron chi connectivity index (χ1n) is 9.10. The molecule has 3 heterocycles. The normalized spacial score (nSPS) is 15.9. The van der Waals surface area contributed by atoms with Gasteiger partial charge in [-0.05, 0) is 17.2 Å². The number of pyridine rings is 1. The molecular weight excluding hydrogens is 356 g/mol. The Bertz CT molecular complexity index is 985. The second kappa shape index (κ2) is 7.64. The van der Waals surface area contributed by atoms with Crippen LogP contribution in [0.15, 0.2) is 61.2 Å². The molecule has 1 unspecified atom stereocenters. The Labute approximate surface area is 162 Å². The summed E-state index contributed by atoms with van der Waals surface area (Å²) in [6, 6.07) is 12.6. The first-order valence-corrected chi connectivity index (χ1v) is 9.10. The fourth-order valence-electron chi connectivity index (χ4n) is 3.56. The number of carboxylic acids is 1. The lowest BCUT2D eigenvalue weighted by Gasteiger charge is -2.33. The molecule has 0 bridgehead atoms. The van der Waals surface area contributed by atoms with Crippen LogP contribution in [0.25, 0.3) is 0 Å². The van der Waals surface area contributed by atoms with Crippen molar-refractivity contribution >= 4 is 11.9 Å². The fraction of sp³-hybridized carbons (Fsp3) is 0.238. The van der Waals surface area contributed by atoms with Gasteiger partial charge in [-0.1, -0.05) is 36.4 Å². The molecule has 3 aromatic rings. The Balaban J connectivity index is 1.57. The molecule has 7 heteroatoms. The maximum atomic E-state index is 12.8. The topological polar surface area (TPSA) is 88.3 Å². The molecule has 0 radical (unpaired) electrons. The number of imidazole rings is 1. The van der Waals surface area contributed by atoms with E-state index in [1.165, 1.54) is 4.90 Å². The van der Waals surface area contributed by atoms with Crippen LogP contribution >= 0.6 is 0 Å². The first-order chi connectivity index (χ1) is 13.6. The van der Waals surface area contributed by atoms with E-state index in [0.717, 1.165) is 22.5 Å². The lowest BCUT2D eigenvalue weighted by Crippen LogP contribution is -2.49. The van der Waals surface area contributed by atoms with Gasteiger partial charge in [-0.3, -0.25) is 9.78 Å². The van der Waals surface area contributed by atoms with Crippen molar-refractivity contribution in [2.75, 3.05) is 0 Å². The van der Waals surface area contributed by atoms with Gasteiger partial charge in [0.2, 0.25) is 5.91 Å². The van der Waals surface area contributed by atoms with Crippen molar-refractivity contribution in [1.29, 1.82) is 0 Å². The molecule has 1 aliphatic heterocycles. The molecule has 0 aliphatic carbocycles. The van der Waals surface area contributed by atoms with E-state index >= 15 is 0 Å². The van der Waals surface area contributed by atoms with Gasteiger partial charge >= 0.3 is 5.97 Å². The van der Waals surface area contributed by atoms with Crippen LogP contribution in [0.4, 0.5) is 0 Å². The number of fused-ring (bicyclic) bond motifs is 1. The highest BCUT2D eigenvalue weighted by atomic mass is 16.4. The van der Waals surface area contributed by atoms with E-state index < -0.39 is 12.0 Å². The van der Waals surface area contributed by atoms with Gasteiger partial charge in [0.25, 0.3) is 0 Å². The third kappa shape index (κ3) is 3.64. The van der Waals surface area contributed by atoms with Crippen molar-refractivity contribution in [1.82, 2.24) is 19.4 Å². The standard InChI is InChI=1S/C21H20N4O3/c26-20(9-16-7-4-8-22-11-16)25-13-17-18(10-19(25)21(27)28)24(14-23-17)12-15-5-2-1-3-6-15/h1-8,11,14,19H,9-10,12-13H2,(H,27,28). The number of carbonyl (C=O) groups is 2. The predicted molar refractivity (Wildman–Crippen MR) is 101 cm³/mol. The molecule has 0 fully saturated rings. The molecule has 0 spiro atoms. The minimum absolute atomic E-state index is 0.123. The van der Waals surface area contributed by atoms with Gasteiger partial charge in [0.1, 0.15) is 6.04 Å². The molecule has 142 valence electrons. The second-order valence-corrected chi connectivity index (χ2v) is 6.87. The van der Waals surface area contributed by atoms with Gasteiger partial charge in [-0.15, -0.1) is 0 Å². The van der Waals surface area contributed by atoms with Crippen molar-refractivity contribution in [3.8, 4) is 0 Å². The average molecular weight is 376 g/mol. The summed E-state index contributed by atoms with van der Waals surface area (Å²) in [7, 11) is 0. The monoisotopic (exact) mass is 376 g/mol. The average Bonchev–Trinajstić information content (AvgIpc) is 3.10. The maximum Gasteiger partial charge on any atom is 0.326 e. The van der Waals surface area contributed by atoms with Gasteiger partial charge in [0.15, 0.2) is 0 Å². The summed E-state index contributed by atoms with van der Waals surface area (Å²) < 4.78 is 1.98. The molecule has 1 N–H and O–H groups in total. The molecule has 1 atom stereocenters. The summed E-state index contributed by atoms with van der Waals surface area (Å²) in [5.74, 6) is -1.23. The van der Waals surface area contributed by atoms with Crippen molar-refractivity contribution in [3.63, 3.8) is 0 Å². The van der Waals surface area contributed by atoms with Gasteiger partial charge in [-0.25, -0.2) is 9.78 Å². The number of amides is 1. The Morgan fingerprint density at radius 2 is 1.89 bits per heavy atom. The molecule has 2 aromatic heterocycles. The van der Waals surface area contributed by atoms with Gasteiger partial charge in [0.05, 0.1) is 25.0 Å². The van der Waals surface area contributed by atoms with E-state index in [4.69, 9.17) is 0 Å². The Hall–Kier alpha value is -3.48. The van der Waals surface area contributed by atoms with Crippen LogP contribution in [0.2, 0.25) is 0 Å². The number of carbonyl (C=O) groups excluding carboxylic acids is 1. The fourth-order valence-corrected chi connectivity index (χ4v) is 3.56.